The van der Waals surface area contributed by atoms with Gasteiger partial charge in [-0.05, 0) is 55.0 Å². The van der Waals surface area contributed by atoms with E-state index in [2.05, 4.69) is 28.1 Å². The first-order valence-corrected chi connectivity index (χ1v) is 12.9. The lowest BCUT2D eigenvalue weighted by Gasteiger charge is -2.34. The van der Waals surface area contributed by atoms with Crippen LogP contribution in [0.1, 0.15) is 15.9 Å². The van der Waals surface area contributed by atoms with Crippen LogP contribution in [0.25, 0.3) is 10.2 Å². The Bertz CT molecular complexity index is 1320. The summed E-state index contributed by atoms with van der Waals surface area (Å²) in [6.07, 6.45) is 0. The number of aryl methyl sites for hydroxylation is 1. The number of amides is 1. The third kappa shape index (κ3) is 5.45. The van der Waals surface area contributed by atoms with Gasteiger partial charge in [-0.2, -0.15) is 0 Å². The van der Waals surface area contributed by atoms with Gasteiger partial charge in [0.1, 0.15) is 22.8 Å². The minimum absolute atomic E-state index is 0.0707. The number of anilines is 1. The first kappa shape index (κ1) is 24.1. The van der Waals surface area contributed by atoms with Crippen molar-refractivity contribution < 1.29 is 14.3 Å². The second-order valence-corrected chi connectivity index (χ2v) is 9.76. The molecule has 36 heavy (non-hydrogen) atoms. The molecular weight excluding hydrogens is 472 g/mol. The van der Waals surface area contributed by atoms with Crippen molar-refractivity contribution in [2.75, 3.05) is 51.3 Å². The predicted molar refractivity (Wildman–Crippen MR) is 145 cm³/mol. The number of piperazine rings is 1. The molecule has 0 spiro atoms. The molecule has 1 N–H and O–H groups in total. The van der Waals surface area contributed by atoms with Gasteiger partial charge in [-0.25, -0.2) is 4.98 Å². The summed E-state index contributed by atoms with van der Waals surface area (Å²) in [4.78, 5) is 22.2. The zero-order chi connectivity index (χ0) is 24.9. The van der Waals surface area contributed by atoms with Crippen molar-refractivity contribution in [1.29, 1.82) is 0 Å². The van der Waals surface area contributed by atoms with Crippen LogP contribution in [0.4, 0.5) is 5.13 Å². The largest absolute Gasteiger partial charge is 0.494 e. The van der Waals surface area contributed by atoms with Crippen molar-refractivity contribution in [3.8, 4) is 17.2 Å². The Morgan fingerprint density at radius 3 is 2.42 bits per heavy atom. The van der Waals surface area contributed by atoms with Gasteiger partial charge in [0.2, 0.25) is 0 Å². The molecule has 0 bridgehead atoms. The molecule has 0 radical (unpaired) electrons. The molecule has 7 nitrogen and oxygen atoms in total. The highest BCUT2D eigenvalue weighted by molar-refractivity contribution is 7.22. The van der Waals surface area contributed by atoms with Crippen molar-refractivity contribution in [2.45, 2.75) is 6.92 Å². The van der Waals surface area contributed by atoms with Crippen molar-refractivity contribution in [3.05, 3.63) is 77.9 Å². The molecule has 186 valence electrons. The SMILES string of the molecule is COc1ccc(C)c2sc(N3CCN(CCNC(=O)c4ccc(Oc5ccccc5)cc4)CC3)nc12. The number of nitrogens with zero attached hydrogens (tertiary/aromatic N) is 3. The Morgan fingerprint density at radius 1 is 0.972 bits per heavy atom. The number of aromatic nitrogens is 1. The van der Waals surface area contributed by atoms with E-state index in [1.807, 2.05) is 48.5 Å². The molecule has 3 aromatic carbocycles. The van der Waals surface area contributed by atoms with Crippen LogP contribution in [0.15, 0.2) is 66.7 Å². The van der Waals surface area contributed by atoms with Crippen molar-refractivity contribution in [3.63, 3.8) is 0 Å². The number of benzene rings is 3. The number of para-hydroxylation sites is 1. The quantitative estimate of drug-likeness (QED) is 0.368. The van der Waals surface area contributed by atoms with Crippen LogP contribution in [-0.2, 0) is 0 Å². The highest BCUT2D eigenvalue weighted by Gasteiger charge is 2.21. The summed E-state index contributed by atoms with van der Waals surface area (Å²) in [6, 6.07) is 20.9. The Hall–Kier alpha value is -3.62. The van der Waals surface area contributed by atoms with Gasteiger partial charge in [-0.3, -0.25) is 9.69 Å². The molecule has 1 amide bonds. The molecule has 0 atom stereocenters. The molecular formula is C28H30N4O3S. The maximum Gasteiger partial charge on any atom is 0.251 e. The number of hydrogen-bond donors (Lipinski definition) is 1. The van der Waals surface area contributed by atoms with Gasteiger partial charge in [0.05, 0.1) is 11.8 Å². The first-order valence-electron chi connectivity index (χ1n) is 12.1. The van der Waals surface area contributed by atoms with Crippen LogP contribution in [0.2, 0.25) is 0 Å². The lowest BCUT2D eigenvalue weighted by atomic mass is 10.2. The molecule has 0 saturated carbocycles. The molecule has 0 aliphatic carbocycles. The summed E-state index contributed by atoms with van der Waals surface area (Å²) in [5.74, 6) is 2.23. The molecule has 1 aliphatic heterocycles. The third-order valence-electron chi connectivity index (χ3n) is 6.36. The van der Waals surface area contributed by atoms with E-state index in [4.69, 9.17) is 14.5 Å². The number of fused-ring (bicyclic) bond motifs is 1. The monoisotopic (exact) mass is 502 g/mol. The Morgan fingerprint density at radius 2 is 1.69 bits per heavy atom. The fourth-order valence-corrected chi connectivity index (χ4v) is 5.39. The molecule has 1 aromatic heterocycles. The van der Waals surface area contributed by atoms with Crippen LogP contribution in [0, 0.1) is 6.92 Å². The highest BCUT2D eigenvalue weighted by atomic mass is 32.1. The second-order valence-electron chi connectivity index (χ2n) is 8.78. The van der Waals surface area contributed by atoms with Gasteiger partial charge in [-0.15, -0.1) is 0 Å². The summed E-state index contributed by atoms with van der Waals surface area (Å²) in [5.41, 5.74) is 2.80. The van der Waals surface area contributed by atoms with E-state index in [0.717, 1.165) is 54.9 Å². The van der Waals surface area contributed by atoms with Gasteiger partial charge in [0.25, 0.3) is 5.91 Å². The molecule has 1 fully saturated rings. The van der Waals surface area contributed by atoms with E-state index < -0.39 is 0 Å². The molecule has 5 rings (SSSR count). The Labute approximate surface area is 215 Å². The summed E-state index contributed by atoms with van der Waals surface area (Å²) in [6.45, 7) is 7.25. The average Bonchev–Trinajstić information content (AvgIpc) is 3.37. The number of rotatable bonds is 8. The number of methoxy groups -OCH3 is 1. The molecule has 8 heteroatoms. The van der Waals surface area contributed by atoms with E-state index in [9.17, 15) is 4.79 Å². The van der Waals surface area contributed by atoms with E-state index in [1.54, 1.807) is 30.6 Å². The number of carbonyl (C=O) groups excluding carboxylic acids is 1. The highest BCUT2D eigenvalue weighted by Crippen LogP contribution is 2.36. The summed E-state index contributed by atoms with van der Waals surface area (Å²) in [5, 5.41) is 4.08. The van der Waals surface area contributed by atoms with Gasteiger partial charge in [-0.1, -0.05) is 35.6 Å². The lowest BCUT2D eigenvalue weighted by Crippen LogP contribution is -2.48. The third-order valence-corrected chi connectivity index (χ3v) is 7.62. The van der Waals surface area contributed by atoms with Crippen molar-refractivity contribution in [1.82, 2.24) is 15.2 Å². The van der Waals surface area contributed by atoms with Crippen LogP contribution < -0.4 is 19.7 Å². The summed E-state index contributed by atoms with van der Waals surface area (Å²) in [7, 11) is 1.69. The first-order chi connectivity index (χ1) is 17.6. The fraction of sp³-hybridized carbons (Fsp3) is 0.286. The van der Waals surface area contributed by atoms with E-state index >= 15 is 0 Å². The van der Waals surface area contributed by atoms with Gasteiger partial charge in [0.15, 0.2) is 5.13 Å². The smallest absolute Gasteiger partial charge is 0.251 e. The number of carbonyl (C=O) groups is 1. The van der Waals surface area contributed by atoms with Gasteiger partial charge >= 0.3 is 0 Å². The van der Waals surface area contributed by atoms with Crippen molar-refractivity contribution >= 4 is 32.6 Å². The van der Waals surface area contributed by atoms with Gasteiger partial charge < -0.3 is 19.7 Å². The topological polar surface area (TPSA) is 66.9 Å². The summed E-state index contributed by atoms with van der Waals surface area (Å²) >= 11 is 1.73. The van der Waals surface area contributed by atoms with Crippen LogP contribution in [0.3, 0.4) is 0 Å². The van der Waals surface area contributed by atoms with Crippen LogP contribution in [0.5, 0.6) is 17.2 Å². The zero-order valence-electron chi connectivity index (χ0n) is 20.6. The second kappa shape index (κ2) is 11.0. The molecule has 1 saturated heterocycles. The molecule has 2 heterocycles. The maximum atomic E-state index is 12.6. The van der Waals surface area contributed by atoms with Crippen LogP contribution >= 0.6 is 11.3 Å². The van der Waals surface area contributed by atoms with E-state index in [-0.39, 0.29) is 5.91 Å². The van der Waals surface area contributed by atoms with Crippen LogP contribution in [-0.4, -0.2) is 62.2 Å². The fourth-order valence-electron chi connectivity index (χ4n) is 4.29. The Kier molecular flexibility index (Phi) is 7.34. The summed E-state index contributed by atoms with van der Waals surface area (Å²) < 4.78 is 12.5. The maximum absolute atomic E-state index is 12.6. The molecule has 4 aromatic rings. The number of ether oxygens (including phenoxy) is 2. The van der Waals surface area contributed by atoms with Crippen molar-refractivity contribution in [2.24, 2.45) is 0 Å². The normalized spacial score (nSPS) is 14.1. The minimum atomic E-state index is -0.0707. The molecule has 0 unspecified atom stereocenters. The standard InChI is InChI=1S/C28H30N4O3S/c1-20-8-13-24(34-2)25-26(20)36-28(30-25)32-18-16-31(17-19-32)15-14-29-27(33)21-9-11-23(12-10-21)35-22-6-4-3-5-7-22/h3-13H,14-19H2,1-2H3,(H,29,33). The van der Waals surface area contributed by atoms with Gasteiger partial charge in [0, 0.05) is 44.8 Å². The lowest BCUT2D eigenvalue weighted by molar-refractivity contribution is 0.0947. The molecule has 1 aliphatic rings. The number of hydrogen-bond acceptors (Lipinski definition) is 7. The van der Waals surface area contributed by atoms with E-state index in [0.29, 0.717) is 17.9 Å². The zero-order valence-corrected chi connectivity index (χ0v) is 21.4. The average molecular weight is 503 g/mol. The predicted octanol–water partition coefficient (Wildman–Crippen LogP) is 4.96. The Balaban J connectivity index is 1.08. The minimum Gasteiger partial charge on any atom is -0.494 e. The van der Waals surface area contributed by atoms with E-state index in [1.165, 1.54) is 10.3 Å². The number of thiazole rings is 1. The number of nitrogens with one attached hydrogen (secondary N) is 1.